The van der Waals surface area contributed by atoms with Crippen LogP contribution in [0.4, 0.5) is 0 Å². The van der Waals surface area contributed by atoms with E-state index in [0.29, 0.717) is 16.7 Å². The normalized spacial score (nSPS) is 15.9. The number of aliphatic hydroxyl groups excluding tert-OH is 1. The first-order valence-electron chi connectivity index (χ1n) is 5.91. The van der Waals surface area contributed by atoms with Gasteiger partial charge in [0.2, 0.25) is 0 Å². The lowest BCUT2D eigenvalue weighted by atomic mass is 9.84. The number of aliphatic hydroxyl groups is 1. The highest BCUT2D eigenvalue weighted by molar-refractivity contribution is 4.92. The van der Waals surface area contributed by atoms with Gasteiger partial charge in [-0.25, -0.2) is 0 Å². The highest BCUT2D eigenvalue weighted by Gasteiger charge is 2.16. The van der Waals surface area contributed by atoms with E-state index in [4.69, 9.17) is 0 Å². The molecule has 1 nitrogen and oxygen atoms in total. The molecule has 0 saturated heterocycles. The lowest BCUT2D eigenvalue weighted by Crippen LogP contribution is -2.14. The molecule has 1 N–H and O–H groups in total. The third-order valence-electron chi connectivity index (χ3n) is 2.25. The Morgan fingerprint density at radius 1 is 1.00 bits per heavy atom. The summed E-state index contributed by atoms with van der Waals surface area (Å²) in [6, 6.07) is 0. The van der Waals surface area contributed by atoms with Gasteiger partial charge in [0.15, 0.2) is 0 Å². The molecule has 0 fully saturated rings. The maximum atomic E-state index is 9.27. The summed E-state index contributed by atoms with van der Waals surface area (Å²) in [7, 11) is 0. The maximum Gasteiger partial charge on any atom is 0.0493 e. The molecule has 0 aliphatic heterocycles. The van der Waals surface area contributed by atoms with Gasteiger partial charge < -0.3 is 5.11 Å². The van der Waals surface area contributed by atoms with Gasteiger partial charge in [-0.1, -0.05) is 53.7 Å². The predicted octanol–water partition coefficient (Wildman–Crippen LogP) is 4.02. The SMILES string of the molecule is CC(C)(C)C/C=C\C(CO)CC(C)(C)C. The van der Waals surface area contributed by atoms with Crippen LogP contribution in [0.1, 0.15) is 54.4 Å². The van der Waals surface area contributed by atoms with Gasteiger partial charge in [-0.2, -0.15) is 0 Å². The summed E-state index contributed by atoms with van der Waals surface area (Å²) in [4.78, 5) is 0. The Morgan fingerprint density at radius 3 is 1.87 bits per heavy atom. The molecule has 0 aromatic heterocycles. The zero-order chi connectivity index (χ0) is 12.1. The summed E-state index contributed by atoms with van der Waals surface area (Å²) < 4.78 is 0. The van der Waals surface area contributed by atoms with Crippen molar-refractivity contribution in [2.45, 2.75) is 54.4 Å². The van der Waals surface area contributed by atoms with Crippen molar-refractivity contribution >= 4 is 0 Å². The molecule has 0 heterocycles. The number of hydrogen-bond donors (Lipinski definition) is 1. The second-order valence-corrected chi connectivity index (χ2v) is 6.90. The lowest BCUT2D eigenvalue weighted by molar-refractivity contribution is 0.207. The highest BCUT2D eigenvalue weighted by atomic mass is 16.3. The zero-order valence-corrected chi connectivity index (χ0v) is 11.3. The Kier molecular flexibility index (Phi) is 5.58. The molecule has 0 spiro atoms. The summed E-state index contributed by atoms with van der Waals surface area (Å²) in [6.45, 7) is 13.6. The Balaban J connectivity index is 4.11. The fourth-order valence-electron chi connectivity index (χ4n) is 1.59. The molecule has 0 amide bonds. The van der Waals surface area contributed by atoms with E-state index in [0.717, 1.165) is 12.8 Å². The summed E-state index contributed by atoms with van der Waals surface area (Å²) in [6.07, 6.45) is 6.51. The molecule has 1 heteroatoms. The molecule has 0 radical (unpaired) electrons. The second-order valence-electron chi connectivity index (χ2n) is 6.90. The van der Waals surface area contributed by atoms with Crippen molar-refractivity contribution in [2.75, 3.05) is 6.61 Å². The topological polar surface area (TPSA) is 20.2 Å². The first-order chi connectivity index (χ1) is 6.64. The Labute approximate surface area is 95.6 Å². The molecule has 0 rings (SSSR count). The molecule has 0 aromatic rings. The fraction of sp³-hybridized carbons (Fsp3) is 0.857. The van der Waals surface area contributed by atoms with E-state index in [1.54, 1.807) is 0 Å². The average molecular weight is 212 g/mol. The van der Waals surface area contributed by atoms with Crippen LogP contribution < -0.4 is 0 Å². The monoisotopic (exact) mass is 212 g/mol. The quantitative estimate of drug-likeness (QED) is 0.698. The Morgan fingerprint density at radius 2 is 1.53 bits per heavy atom. The minimum Gasteiger partial charge on any atom is -0.396 e. The van der Waals surface area contributed by atoms with E-state index in [1.807, 2.05) is 0 Å². The van der Waals surface area contributed by atoms with Gasteiger partial charge in [-0.15, -0.1) is 0 Å². The molecule has 0 bridgehead atoms. The minimum atomic E-state index is 0.262. The van der Waals surface area contributed by atoms with Crippen LogP contribution in [-0.2, 0) is 0 Å². The fourth-order valence-corrected chi connectivity index (χ4v) is 1.59. The van der Waals surface area contributed by atoms with E-state index >= 15 is 0 Å². The average Bonchev–Trinajstić information content (AvgIpc) is 1.97. The van der Waals surface area contributed by atoms with Gasteiger partial charge in [0.25, 0.3) is 0 Å². The van der Waals surface area contributed by atoms with Gasteiger partial charge in [-0.3, -0.25) is 0 Å². The van der Waals surface area contributed by atoms with E-state index in [-0.39, 0.29) is 6.61 Å². The van der Waals surface area contributed by atoms with Gasteiger partial charge in [0.05, 0.1) is 0 Å². The van der Waals surface area contributed by atoms with Crippen LogP contribution in [0.15, 0.2) is 12.2 Å². The summed E-state index contributed by atoms with van der Waals surface area (Å²) in [5.74, 6) is 0.312. The first kappa shape index (κ1) is 14.7. The van der Waals surface area contributed by atoms with E-state index in [9.17, 15) is 5.11 Å². The van der Waals surface area contributed by atoms with E-state index < -0.39 is 0 Å². The van der Waals surface area contributed by atoms with Gasteiger partial charge in [0.1, 0.15) is 0 Å². The standard InChI is InChI=1S/C14H28O/c1-13(2,3)9-7-8-12(11-15)10-14(4,5)6/h7-8,12,15H,9-11H2,1-6H3/b8-7-. The molecule has 0 aliphatic rings. The summed E-state index contributed by atoms with van der Waals surface area (Å²) in [5.41, 5.74) is 0.637. The zero-order valence-electron chi connectivity index (χ0n) is 11.3. The molecular formula is C14H28O. The van der Waals surface area contributed by atoms with Crippen molar-refractivity contribution < 1.29 is 5.11 Å². The first-order valence-corrected chi connectivity index (χ1v) is 5.91. The van der Waals surface area contributed by atoms with Crippen molar-refractivity contribution in [1.82, 2.24) is 0 Å². The number of allylic oxidation sites excluding steroid dienone is 1. The largest absolute Gasteiger partial charge is 0.396 e. The third kappa shape index (κ3) is 9.99. The molecule has 0 aromatic carbocycles. The van der Waals surface area contributed by atoms with Crippen LogP contribution in [0.25, 0.3) is 0 Å². The molecule has 0 aliphatic carbocycles. The molecule has 1 unspecified atom stereocenters. The van der Waals surface area contributed by atoms with Gasteiger partial charge in [-0.05, 0) is 23.7 Å². The summed E-state index contributed by atoms with van der Waals surface area (Å²) in [5, 5.41) is 9.27. The highest BCUT2D eigenvalue weighted by Crippen LogP contribution is 2.26. The van der Waals surface area contributed by atoms with Crippen molar-refractivity contribution in [3.05, 3.63) is 12.2 Å². The minimum absolute atomic E-state index is 0.262. The van der Waals surface area contributed by atoms with Crippen LogP contribution in [-0.4, -0.2) is 11.7 Å². The van der Waals surface area contributed by atoms with Crippen LogP contribution in [0.2, 0.25) is 0 Å². The third-order valence-corrected chi connectivity index (χ3v) is 2.25. The molecule has 1 atom stereocenters. The molecule has 0 saturated carbocycles. The summed E-state index contributed by atoms with van der Waals surface area (Å²) >= 11 is 0. The molecular weight excluding hydrogens is 184 g/mol. The second kappa shape index (κ2) is 5.69. The van der Waals surface area contributed by atoms with Crippen molar-refractivity contribution in [3.63, 3.8) is 0 Å². The molecule has 15 heavy (non-hydrogen) atoms. The lowest BCUT2D eigenvalue weighted by Gasteiger charge is -2.23. The van der Waals surface area contributed by atoms with Crippen LogP contribution >= 0.6 is 0 Å². The number of rotatable bonds is 4. The van der Waals surface area contributed by atoms with E-state index in [2.05, 4.69) is 53.7 Å². The van der Waals surface area contributed by atoms with Gasteiger partial charge in [0, 0.05) is 12.5 Å². The van der Waals surface area contributed by atoms with E-state index in [1.165, 1.54) is 0 Å². The molecule has 90 valence electrons. The number of hydrogen-bond acceptors (Lipinski definition) is 1. The van der Waals surface area contributed by atoms with Gasteiger partial charge >= 0.3 is 0 Å². The Bertz CT molecular complexity index is 190. The van der Waals surface area contributed by atoms with Crippen LogP contribution in [0, 0.1) is 16.7 Å². The van der Waals surface area contributed by atoms with Crippen molar-refractivity contribution in [1.29, 1.82) is 0 Å². The Hall–Kier alpha value is -0.300. The van der Waals surface area contributed by atoms with Crippen LogP contribution in [0.3, 0.4) is 0 Å². The van der Waals surface area contributed by atoms with Crippen molar-refractivity contribution in [3.8, 4) is 0 Å². The van der Waals surface area contributed by atoms with Crippen LogP contribution in [0.5, 0.6) is 0 Å². The predicted molar refractivity (Wildman–Crippen MR) is 67.9 cm³/mol. The van der Waals surface area contributed by atoms with Crippen molar-refractivity contribution in [2.24, 2.45) is 16.7 Å². The maximum absolute atomic E-state index is 9.27. The smallest absolute Gasteiger partial charge is 0.0493 e.